The van der Waals surface area contributed by atoms with Crippen molar-refractivity contribution in [2.45, 2.75) is 50.7 Å². The predicted octanol–water partition coefficient (Wildman–Crippen LogP) is 5.71. The summed E-state index contributed by atoms with van der Waals surface area (Å²) in [5.74, 6) is -4.23. The topological polar surface area (TPSA) is 98.9 Å². The van der Waals surface area contributed by atoms with Gasteiger partial charge in [0, 0.05) is 37.6 Å². The molecule has 0 unspecified atom stereocenters. The van der Waals surface area contributed by atoms with E-state index in [1.165, 1.54) is 22.0 Å². The van der Waals surface area contributed by atoms with Crippen molar-refractivity contribution >= 4 is 23.3 Å². The molecule has 1 fully saturated rings. The highest BCUT2D eigenvalue weighted by atomic mass is 32.1. The Hall–Kier alpha value is -3.43. The molecule has 42 heavy (non-hydrogen) atoms. The van der Waals surface area contributed by atoms with Crippen molar-refractivity contribution in [3.8, 4) is 11.3 Å². The van der Waals surface area contributed by atoms with Gasteiger partial charge in [0.25, 0.3) is 0 Å². The Bertz CT molecular complexity index is 1280. The molecule has 15 heteroatoms. The predicted molar refractivity (Wildman–Crippen MR) is 143 cm³/mol. The zero-order valence-corrected chi connectivity index (χ0v) is 23.3. The molecule has 2 aliphatic rings. The van der Waals surface area contributed by atoms with Crippen molar-refractivity contribution in [1.29, 1.82) is 0 Å². The van der Waals surface area contributed by atoms with Crippen molar-refractivity contribution in [1.82, 2.24) is 19.4 Å². The molecule has 1 spiro atoms. The van der Waals surface area contributed by atoms with Crippen LogP contribution in [0.4, 0.5) is 26.3 Å². The van der Waals surface area contributed by atoms with Crippen LogP contribution >= 0.6 is 11.3 Å². The average Bonchev–Trinajstić information content (AvgIpc) is 3.61. The number of hydrogen-bond donors (Lipinski definition) is 2. The first-order valence-electron chi connectivity index (χ1n) is 12.9. The van der Waals surface area contributed by atoms with E-state index in [0.29, 0.717) is 0 Å². The minimum atomic E-state index is -5.08. The largest absolute Gasteiger partial charge is 0.490 e. The number of piperidine rings is 1. The average molecular weight is 621 g/mol. The fourth-order valence-corrected chi connectivity index (χ4v) is 5.84. The maximum absolute atomic E-state index is 10.6. The summed E-state index contributed by atoms with van der Waals surface area (Å²) in [6, 6.07) is 15.1. The quantitative estimate of drug-likeness (QED) is 0.361. The molecule has 0 aliphatic carbocycles. The Morgan fingerprint density at radius 1 is 0.905 bits per heavy atom. The van der Waals surface area contributed by atoms with E-state index < -0.39 is 24.3 Å². The normalized spacial score (nSPS) is 16.9. The van der Waals surface area contributed by atoms with Crippen LogP contribution in [0, 0.1) is 0 Å². The lowest BCUT2D eigenvalue weighted by Crippen LogP contribution is -2.57. The van der Waals surface area contributed by atoms with Gasteiger partial charge in [0.15, 0.2) is 0 Å². The summed E-state index contributed by atoms with van der Waals surface area (Å²) >= 11 is 1.87. The summed E-state index contributed by atoms with van der Waals surface area (Å²) in [4.78, 5) is 29.6. The molecule has 0 bridgehead atoms. The number of carboxylic acids is 2. The van der Waals surface area contributed by atoms with Gasteiger partial charge in [0.05, 0.1) is 17.4 Å². The number of fused-ring (bicyclic) bond motifs is 2. The Morgan fingerprint density at radius 2 is 1.48 bits per heavy atom. The number of aliphatic carboxylic acids is 2. The number of likely N-dealkylation sites (tertiary alicyclic amines) is 1. The second kappa shape index (κ2) is 13.7. The van der Waals surface area contributed by atoms with Crippen LogP contribution in [0.1, 0.15) is 30.5 Å². The zero-order valence-electron chi connectivity index (χ0n) is 22.5. The van der Waals surface area contributed by atoms with Crippen molar-refractivity contribution in [3.05, 3.63) is 64.7 Å². The second-order valence-corrected chi connectivity index (χ2v) is 10.6. The third-order valence-corrected chi connectivity index (χ3v) is 7.91. The number of benzene rings is 1. The Labute approximate surface area is 241 Å². The smallest absolute Gasteiger partial charge is 0.475 e. The summed E-state index contributed by atoms with van der Waals surface area (Å²) in [5.41, 5.74) is 2.63. The van der Waals surface area contributed by atoms with E-state index in [1.54, 1.807) is 0 Å². The van der Waals surface area contributed by atoms with Gasteiger partial charge in [0.2, 0.25) is 0 Å². The van der Waals surface area contributed by atoms with Gasteiger partial charge in [-0.2, -0.15) is 26.3 Å². The molecule has 1 saturated heterocycles. The molecule has 5 rings (SSSR count). The molecule has 1 aromatic carbocycles. The number of carbonyl (C=O) groups is 2. The van der Waals surface area contributed by atoms with Gasteiger partial charge in [-0.15, -0.1) is 11.3 Å². The van der Waals surface area contributed by atoms with Gasteiger partial charge in [-0.25, -0.2) is 14.6 Å². The van der Waals surface area contributed by atoms with Crippen LogP contribution in [-0.4, -0.2) is 80.0 Å². The fraction of sp³-hybridized carbons (Fsp3) is 0.444. The van der Waals surface area contributed by atoms with Crippen LogP contribution in [0.2, 0.25) is 0 Å². The number of alkyl halides is 6. The SMILES string of the molecule is CCN1CCn2c(-c3ccccc3)cnc2C12CCN(Cc1cccs1)CC2.O=C(O)C(F)(F)F.O=C(O)C(F)(F)F. The number of aromatic nitrogens is 2. The second-order valence-electron chi connectivity index (χ2n) is 9.56. The minimum Gasteiger partial charge on any atom is -0.475 e. The van der Waals surface area contributed by atoms with E-state index >= 15 is 0 Å². The Kier molecular flexibility index (Phi) is 10.8. The number of nitrogens with zero attached hydrogens (tertiary/aromatic N) is 4. The number of carboxylic acid groups (broad SMARTS) is 2. The molecule has 2 aliphatic heterocycles. The van der Waals surface area contributed by atoms with Crippen LogP contribution in [0.15, 0.2) is 54.0 Å². The molecule has 8 nitrogen and oxygen atoms in total. The van der Waals surface area contributed by atoms with Gasteiger partial charge in [-0.05, 0) is 36.4 Å². The highest BCUT2D eigenvalue weighted by Gasteiger charge is 2.46. The molecular formula is C27H30F6N4O4S. The molecular weight excluding hydrogens is 590 g/mol. The lowest BCUT2D eigenvalue weighted by Gasteiger charge is -2.50. The van der Waals surface area contributed by atoms with Crippen molar-refractivity contribution in [2.75, 3.05) is 26.2 Å². The summed E-state index contributed by atoms with van der Waals surface area (Å²) in [6.07, 6.45) is -5.74. The minimum absolute atomic E-state index is 0.0893. The third kappa shape index (κ3) is 8.10. The standard InChI is InChI=1S/C23H28N4S.2C2HF3O2/c1-2-26-14-15-27-21(19-7-4-3-5-8-19)17-24-22(27)23(26)10-12-25(13-11-23)18-20-9-6-16-28-20;2*3-2(4,5)1(6)7/h3-9,16-17H,2,10-15,18H2,1H3;2*(H,6,7). The number of imidazole rings is 1. The van der Waals surface area contributed by atoms with Crippen LogP contribution in [0.25, 0.3) is 11.3 Å². The lowest BCUT2D eigenvalue weighted by atomic mass is 9.83. The number of hydrogen-bond acceptors (Lipinski definition) is 6. The lowest BCUT2D eigenvalue weighted by molar-refractivity contribution is -0.193. The monoisotopic (exact) mass is 620 g/mol. The Balaban J connectivity index is 0.000000289. The van der Waals surface area contributed by atoms with Crippen LogP contribution in [0.3, 0.4) is 0 Å². The number of likely N-dealkylation sites (N-methyl/N-ethyl adjacent to an activating group) is 1. The first kappa shape index (κ1) is 33.1. The van der Waals surface area contributed by atoms with Crippen LogP contribution in [0.5, 0.6) is 0 Å². The number of halogens is 6. The van der Waals surface area contributed by atoms with E-state index in [1.807, 2.05) is 11.3 Å². The first-order valence-corrected chi connectivity index (χ1v) is 13.8. The fourth-order valence-electron chi connectivity index (χ4n) is 5.09. The highest BCUT2D eigenvalue weighted by molar-refractivity contribution is 7.09. The van der Waals surface area contributed by atoms with Crippen molar-refractivity contribution in [3.63, 3.8) is 0 Å². The van der Waals surface area contributed by atoms with E-state index in [2.05, 4.69) is 75.3 Å². The molecule has 230 valence electrons. The van der Waals surface area contributed by atoms with Gasteiger partial charge >= 0.3 is 24.3 Å². The van der Waals surface area contributed by atoms with E-state index in [4.69, 9.17) is 24.8 Å². The van der Waals surface area contributed by atoms with Crippen LogP contribution in [-0.2, 0) is 28.2 Å². The summed E-state index contributed by atoms with van der Waals surface area (Å²) in [6.45, 7) is 8.92. The van der Waals surface area contributed by atoms with E-state index in [0.717, 1.165) is 52.1 Å². The molecule has 2 aromatic heterocycles. The van der Waals surface area contributed by atoms with Gasteiger partial charge < -0.3 is 14.8 Å². The van der Waals surface area contributed by atoms with Crippen molar-refractivity contribution < 1.29 is 46.1 Å². The maximum atomic E-state index is 10.6. The third-order valence-electron chi connectivity index (χ3n) is 7.05. The van der Waals surface area contributed by atoms with E-state index in [9.17, 15) is 26.3 Å². The number of rotatable bonds is 4. The molecule has 4 heterocycles. The molecule has 0 amide bonds. The van der Waals surface area contributed by atoms with Crippen molar-refractivity contribution in [2.24, 2.45) is 0 Å². The number of thiophene rings is 1. The van der Waals surface area contributed by atoms with Gasteiger partial charge in [0.1, 0.15) is 5.82 Å². The van der Waals surface area contributed by atoms with E-state index in [-0.39, 0.29) is 5.54 Å². The first-order chi connectivity index (χ1) is 19.7. The summed E-state index contributed by atoms with van der Waals surface area (Å²) in [7, 11) is 0. The Morgan fingerprint density at radius 3 is 1.95 bits per heavy atom. The maximum Gasteiger partial charge on any atom is 0.490 e. The summed E-state index contributed by atoms with van der Waals surface area (Å²) < 4.78 is 66.0. The van der Waals surface area contributed by atoms with Crippen LogP contribution < -0.4 is 0 Å². The molecule has 0 saturated carbocycles. The van der Waals surface area contributed by atoms with Gasteiger partial charge in [-0.3, -0.25) is 9.80 Å². The highest BCUT2D eigenvalue weighted by Crippen LogP contribution is 2.42. The molecule has 0 atom stereocenters. The van der Waals surface area contributed by atoms with Gasteiger partial charge in [-0.1, -0.05) is 43.3 Å². The summed E-state index contributed by atoms with van der Waals surface area (Å²) in [5, 5.41) is 16.4. The zero-order chi connectivity index (χ0) is 31.1. The molecule has 2 N–H and O–H groups in total. The molecule has 3 aromatic rings. The molecule has 0 radical (unpaired) electrons.